The number of hydrogen-bond donors (Lipinski definition) is 1. The largest absolute Gasteiger partial charge is 0.493 e. The summed E-state index contributed by atoms with van der Waals surface area (Å²) in [6.07, 6.45) is 0. The highest BCUT2D eigenvalue weighted by atomic mass is 35.5. The molecule has 0 aromatic heterocycles. The molecule has 0 saturated heterocycles. The molecule has 0 fully saturated rings. The van der Waals surface area contributed by atoms with Crippen LogP contribution in [0.2, 0.25) is 10.0 Å². The molecule has 0 aliphatic carbocycles. The topological polar surface area (TPSA) is 50.8 Å². The zero-order valence-corrected chi connectivity index (χ0v) is 16.5. The van der Waals surface area contributed by atoms with E-state index in [9.17, 15) is 4.79 Å². The molecule has 2 rings (SSSR count). The standard InChI is InChI=1S/C19H22Cl2N2O3/c1-4-26-17-8-5-13(9-18(17)25-3)11-23(2)12-19(24)22-16-7-6-14(20)10-15(16)21/h5-10H,4,11-12H2,1-3H3,(H,22,24). The van der Waals surface area contributed by atoms with Crippen molar-refractivity contribution in [3.05, 3.63) is 52.0 Å². The van der Waals surface area contributed by atoms with Gasteiger partial charge >= 0.3 is 0 Å². The van der Waals surface area contributed by atoms with E-state index >= 15 is 0 Å². The lowest BCUT2D eigenvalue weighted by Gasteiger charge is -2.18. The molecule has 26 heavy (non-hydrogen) atoms. The minimum absolute atomic E-state index is 0.158. The highest BCUT2D eigenvalue weighted by Gasteiger charge is 2.11. The van der Waals surface area contributed by atoms with Gasteiger partial charge in [-0.2, -0.15) is 0 Å². The van der Waals surface area contributed by atoms with Crippen LogP contribution in [0.4, 0.5) is 5.69 Å². The van der Waals surface area contributed by atoms with Crippen LogP contribution >= 0.6 is 23.2 Å². The Kier molecular flexibility index (Phi) is 7.57. The Morgan fingerprint density at radius 2 is 1.92 bits per heavy atom. The molecule has 0 radical (unpaired) electrons. The van der Waals surface area contributed by atoms with Crippen molar-refractivity contribution >= 4 is 34.8 Å². The Labute approximate surface area is 163 Å². The second kappa shape index (κ2) is 9.67. The number of rotatable bonds is 8. The number of likely N-dealkylation sites (N-methyl/N-ethyl adjacent to an activating group) is 1. The van der Waals surface area contributed by atoms with E-state index in [0.29, 0.717) is 40.4 Å². The van der Waals surface area contributed by atoms with Crippen LogP contribution in [0.3, 0.4) is 0 Å². The number of ether oxygens (including phenoxy) is 2. The molecule has 0 unspecified atom stereocenters. The minimum Gasteiger partial charge on any atom is -0.493 e. The highest BCUT2D eigenvalue weighted by Crippen LogP contribution is 2.28. The molecule has 0 aliphatic rings. The number of methoxy groups -OCH3 is 1. The van der Waals surface area contributed by atoms with Gasteiger partial charge in [0.2, 0.25) is 5.91 Å². The van der Waals surface area contributed by atoms with Gasteiger partial charge in [0.15, 0.2) is 11.5 Å². The van der Waals surface area contributed by atoms with Crippen LogP contribution < -0.4 is 14.8 Å². The Morgan fingerprint density at radius 1 is 1.15 bits per heavy atom. The van der Waals surface area contributed by atoms with Crippen molar-refractivity contribution in [3.8, 4) is 11.5 Å². The first-order chi connectivity index (χ1) is 12.4. The molecule has 0 atom stereocenters. The van der Waals surface area contributed by atoms with Gasteiger partial charge in [0, 0.05) is 11.6 Å². The average molecular weight is 397 g/mol. The zero-order valence-electron chi connectivity index (χ0n) is 15.0. The van der Waals surface area contributed by atoms with E-state index in [4.69, 9.17) is 32.7 Å². The Bertz CT molecular complexity index is 768. The van der Waals surface area contributed by atoms with Gasteiger partial charge in [-0.05, 0) is 49.9 Å². The molecule has 2 aromatic rings. The van der Waals surface area contributed by atoms with E-state index in [1.807, 2.05) is 37.1 Å². The normalized spacial score (nSPS) is 10.7. The number of carbonyl (C=O) groups is 1. The van der Waals surface area contributed by atoms with E-state index in [-0.39, 0.29) is 12.5 Å². The van der Waals surface area contributed by atoms with Crippen molar-refractivity contribution in [2.75, 3.05) is 32.6 Å². The maximum atomic E-state index is 12.2. The van der Waals surface area contributed by atoms with Crippen LogP contribution in [0.25, 0.3) is 0 Å². The predicted octanol–water partition coefficient (Wildman–Crippen LogP) is 4.47. The number of benzene rings is 2. The van der Waals surface area contributed by atoms with Gasteiger partial charge in [-0.15, -0.1) is 0 Å². The van der Waals surface area contributed by atoms with Gasteiger partial charge in [0.1, 0.15) is 0 Å². The molecular formula is C19H22Cl2N2O3. The number of nitrogens with zero attached hydrogens (tertiary/aromatic N) is 1. The lowest BCUT2D eigenvalue weighted by molar-refractivity contribution is -0.117. The quantitative estimate of drug-likeness (QED) is 0.714. The van der Waals surface area contributed by atoms with Crippen LogP contribution in [0.1, 0.15) is 12.5 Å². The van der Waals surface area contributed by atoms with Crippen LogP contribution in [-0.4, -0.2) is 38.1 Å². The molecule has 2 aromatic carbocycles. The van der Waals surface area contributed by atoms with Gasteiger partial charge in [0.05, 0.1) is 31.0 Å². The van der Waals surface area contributed by atoms with Crippen molar-refractivity contribution < 1.29 is 14.3 Å². The van der Waals surface area contributed by atoms with Gasteiger partial charge in [-0.1, -0.05) is 29.3 Å². The monoisotopic (exact) mass is 396 g/mol. The van der Waals surface area contributed by atoms with Crippen molar-refractivity contribution in [1.29, 1.82) is 0 Å². The van der Waals surface area contributed by atoms with E-state index in [1.165, 1.54) is 0 Å². The average Bonchev–Trinajstić information content (AvgIpc) is 2.58. The SMILES string of the molecule is CCOc1ccc(CN(C)CC(=O)Nc2ccc(Cl)cc2Cl)cc1OC. The molecule has 0 heterocycles. The van der Waals surface area contributed by atoms with E-state index < -0.39 is 0 Å². The Morgan fingerprint density at radius 3 is 2.58 bits per heavy atom. The first-order valence-electron chi connectivity index (χ1n) is 8.16. The van der Waals surface area contributed by atoms with E-state index in [0.717, 1.165) is 5.56 Å². The highest BCUT2D eigenvalue weighted by molar-refractivity contribution is 6.36. The third-order valence-corrected chi connectivity index (χ3v) is 4.15. The fourth-order valence-electron chi connectivity index (χ4n) is 2.48. The number of nitrogens with one attached hydrogen (secondary N) is 1. The first kappa shape index (κ1) is 20.4. The van der Waals surface area contributed by atoms with Gasteiger partial charge in [-0.25, -0.2) is 0 Å². The second-order valence-electron chi connectivity index (χ2n) is 5.76. The fraction of sp³-hybridized carbons (Fsp3) is 0.316. The van der Waals surface area contributed by atoms with Gasteiger partial charge in [0.25, 0.3) is 0 Å². The van der Waals surface area contributed by atoms with Crippen LogP contribution in [0, 0.1) is 0 Å². The Hall–Kier alpha value is -1.95. The summed E-state index contributed by atoms with van der Waals surface area (Å²) in [6, 6.07) is 10.7. The number of halogens is 2. The second-order valence-corrected chi connectivity index (χ2v) is 6.61. The fourth-order valence-corrected chi connectivity index (χ4v) is 2.93. The van der Waals surface area contributed by atoms with Crippen LogP contribution in [-0.2, 0) is 11.3 Å². The predicted molar refractivity (Wildman–Crippen MR) is 106 cm³/mol. The molecule has 0 aliphatic heterocycles. The Balaban J connectivity index is 1.95. The summed E-state index contributed by atoms with van der Waals surface area (Å²) in [4.78, 5) is 14.1. The lowest BCUT2D eigenvalue weighted by atomic mass is 10.2. The van der Waals surface area contributed by atoms with E-state index in [2.05, 4.69) is 5.32 Å². The lowest BCUT2D eigenvalue weighted by Crippen LogP contribution is -2.29. The van der Waals surface area contributed by atoms with Crippen LogP contribution in [0.15, 0.2) is 36.4 Å². The molecule has 5 nitrogen and oxygen atoms in total. The molecule has 0 bridgehead atoms. The molecular weight excluding hydrogens is 375 g/mol. The number of hydrogen-bond acceptors (Lipinski definition) is 4. The maximum Gasteiger partial charge on any atom is 0.238 e. The van der Waals surface area contributed by atoms with Gasteiger partial charge in [-0.3, -0.25) is 9.69 Å². The summed E-state index contributed by atoms with van der Waals surface area (Å²) in [5, 5.41) is 3.72. The molecule has 1 amide bonds. The third-order valence-electron chi connectivity index (χ3n) is 3.60. The summed E-state index contributed by atoms with van der Waals surface area (Å²) in [6.45, 7) is 3.30. The van der Waals surface area contributed by atoms with Crippen molar-refractivity contribution in [3.63, 3.8) is 0 Å². The summed E-state index contributed by atoms with van der Waals surface area (Å²) in [5.74, 6) is 1.22. The molecule has 0 saturated carbocycles. The van der Waals surface area contributed by atoms with Crippen molar-refractivity contribution in [1.82, 2.24) is 4.90 Å². The van der Waals surface area contributed by atoms with Crippen molar-refractivity contribution in [2.24, 2.45) is 0 Å². The first-order valence-corrected chi connectivity index (χ1v) is 8.91. The van der Waals surface area contributed by atoms with Gasteiger partial charge < -0.3 is 14.8 Å². The number of amides is 1. The smallest absolute Gasteiger partial charge is 0.238 e. The summed E-state index contributed by atoms with van der Waals surface area (Å²) in [5.41, 5.74) is 1.56. The third kappa shape index (κ3) is 5.80. The zero-order chi connectivity index (χ0) is 19.1. The molecule has 1 N–H and O–H groups in total. The minimum atomic E-state index is -0.158. The van der Waals surface area contributed by atoms with Crippen molar-refractivity contribution in [2.45, 2.75) is 13.5 Å². The molecule has 7 heteroatoms. The summed E-state index contributed by atoms with van der Waals surface area (Å²) in [7, 11) is 3.47. The number of anilines is 1. The summed E-state index contributed by atoms with van der Waals surface area (Å²) < 4.78 is 10.9. The van der Waals surface area contributed by atoms with E-state index in [1.54, 1.807) is 25.3 Å². The molecule has 140 valence electrons. The molecule has 0 spiro atoms. The maximum absolute atomic E-state index is 12.2. The number of carbonyl (C=O) groups excluding carboxylic acids is 1. The van der Waals surface area contributed by atoms with Crippen LogP contribution in [0.5, 0.6) is 11.5 Å². The summed E-state index contributed by atoms with van der Waals surface area (Å²) >= 11 is 11.9.